The third-order valence-electron chi connectivity index (χ3n) is 5.52. The second kappa shape index (κ2) is 10.5. The van der Waals surface area contributed by atoms with Gasteiger partial charge in [-0.05, 0) is 45.7 Å². The van der Waals surface area contributed by atoms with Crippen molar-refractivity contribution in [1.29, 1.82) is 0 Å². The van der Waals surface area contributed by atoms with Crippen molar-refractivity contribution in [2.24, 2.45) is 5.84 Å². The van der Waals surface area contributed by atoms with Crippen LogP contribution in [0.4, 0.5) is 15.3 Å². The molecule has 0 spiro atoms. The molecule has 1 saturated heterocycles. The van der Waals surface area contributed by atoms with Crippen LogP contribution in [0.25, 0.3) is 0 Å². The number of benzene rings is 1. The second-order valence-corrected chi connectivity index (χ2v) is 9.15. The Morgan fingerprint density at radius 2 is 1.64 bits per heavy atom. The number of carbonyl (C=O) groups is 3. The van der Waals surface area contributed by atoms with Crippen LogP contribution in [0, 0.1) is 0 Å². The Labute approximate surface area is 194 Å². The number of hydrogen-bond donors (Lipinski definition) is 2. The van der Waals surface area contributed by atoms with Crippen LogP contribution < -0.4 is 16.2 Å². The number of urea groups is 1. The minimum absolute atomic E-state index is 0.111. The third kappa shape index (κ3) is 6.58. The predicted molar refractivity (Wildman–Crippen MR) is 126 cm³/mol. The summed E-state index contributed by atoms with van der Waals surface area (Å²) >= 11 is 0. The molecule has 0 bridgehead atoms. The minimum atomic E-state index is -0.555. The van der Waals surface area contributed by atoms with Gasteiger partial charge in [-0.3, -0.25) is 15.1 Å². The molecule has 1 aliphatic carbocycles. The number of piperazine rings is 1. The van der Waals surface area contributed by atoms with Crippen LogP contribution in [0.3, 0.4) is 0 Å². The maximum atomic E-state index is 13.5. The Morgan fingerprint density at radius 3 is 2.18 bits per heavy atom. The van der Waals surface area contributed by atoms with Gasteiger partial charge in [0.1, 0.15) is 5.60 Å². The van der Waals surface area contributed by atoms with E-state index in [1.807, 2.05) is 57.2 Å². The molecule has 0 unspecified atom stereocenters. The summed E-state index contributed by atoms with van der Waals surface area (Å²) in [4.78, 5) is 42.7. The van der Waals surface area contributed by atoms with Crippen molar-refractivity contribution in [2.45, 2.75) is 39.2 Å². The lowest BCUT2D eigenvalue weighted by Gasteiger charge is -2.38. The van der Waals surface area contributed by atoms with E-state index in [0.29, 0.717) is 51.1 Å². The van der Waals surface area contributed by atoms with E-state index in [4.69, 9.17) is 10.6 Å². The number of para-hydroxylation sites is 1. The predicted octanol–water partition coefficient (Wildman–Crippen LogP) is 2.80. The number of nitrogens with one attached hydrogen (secondary N) is 1. The van der Waals surface area contributed by atoms with Crippen molar-refractivity contribution >= 4 is 23.7 Å². The fraction of sp³-hybridized carbons (Fsp3) is 0.458. The normalized spacial score (nSPS) is 16.5. The monoisotopic (exact) mass is 455 g/mol. The Hall–Kier alpha value is -3.33. The smallest absolute Gasteiger partial charge is 0.410 e. The quantitative estimate of drug-likeness (QED) is 0.412. The molecule has 1 fully saturated rings. The molecule has 0 atom stereocenters. The van der Waals surface area contributed by atoms with Crippen LogP contribution >= 0.6 is 0 Å². The van der Waals surface area contributed by atoms with Crippen molar-refractivity contribution in [3.05, 3.63) is 53.6 Å². The lowest BCUT2D eigenvalue weighted by atomic mass is 9.97. The molecule has 9 nitrogen and oxygen atoms in total. The second-order valence-electron chi connectivity index (χ2n) is 9.15. The van der Waals surface area contributed by atoms with Gasteiger partial charge in [-0.15, -0.1) is 0 Å². The third-order valence-corrected chi connectivity index (χ3v) is 5.52. The highest BCUT2D eigenvalue weighted by atomic mass is 16.6. The lowest BCUT2D eigenvalue weighted by molar-refractivity contribution is -0.117. The zero-order valence-electron chi connectivity index (χ0n) is 19.5. The number of ether oxygens (including phenoxy) is 1. The van der Waals surface area contributed by atoms with E-state index < -0.39 is 5.60 Å². The van der Waals surface area contributed by atoms with Gasteiger partial charge in [-0.1, -0.05) is 35.9 Å². The number of anilines is 1. The molecule has 178 valence electrons. The van der Waals surface area contributed by atoms with Gasteiger partial charge in [-0.2, -0.15) is 0 Å². The number of nitrogens with two attached hydrogens (primary N) is 1. The van der Waals surface area contributed by atoms with Gasteiger partial charge in [0.15, 0.2) is 0 Å². The Kier molecular flexibility index (Phi) is 7.75. The summed E-state index contributed by atoms with van der Waals surface area (Å²) < 4.78 is 5.45. The Balaban J connectivity index is 1.69. The Morgan fingerprint density at radius 1 is 1.00 bits per heavy atom. The van der Waals surface area contributed by atoms with Crippen LogP contribution in [0.5, 0.6) is 0 Å². The van der Waals surface area contributed by atoms with Gasteiger partial charge in [0.2, 0.25) is 0 Å². The number of hydrazine groups is 1. The van der Waals surface area contributed by atoms with Crippen LogP contribution in [0.15, 0.2) is 53.6 Å². The summed E-state index contributed by atoms with van der Waals surface area (Å²) in [6, 6.07) is 9.40. The summed E-state index contributed by atoms with van der Waals surface area (Å²) in [6.45, 7) is 7.64. The van der Waals surface area contributed by atoms with Crippen molar-refractivity contribution < 1.29 is 19.1 Å². The fourth-order valence-electron chi connectivity index (χ4n) is 3.75. The molecule has 0 radical (unpaired) electrons. The van der Waals surface area contributed by atoms with Crippen molar-refractivity contribution in [3.63, 3.8) is 0 Å². The molecule has 3 N–H and O–H groups in total. The first kappa shape index (κ1) is 24.3. The van der Waals surface area contributed by atoms with Crippen molar-refractivity contribution in [1.82, 2.24) is 15.2 Å². The van der Waals surface area contributed by atoms with Crippen LogP contribution in [-0.4, -0.2) is 66.2 Å². The number of hydrogen-bond acceptors (Lipinski definition) is 5. The maximum Gasteiger partial charge on any atom is 0.410 e. The van der Waals surface area contributed by atoms with Crippen LogP contribution in [0.1, 0.15) is 33.6 Å². The summed E-state index contributed by atoms with van der Waals surface area (Å²) in [5.74, 6) is 4.94. The highest BCUT2D eigenvalue weighted by Crippen LogP contribution is 2.24. The highest BCUT2D eigenvalue weighted by Gasteiger charge is 2.30. The van der Waals surface area contributed by atoms with E-state index in [1.54, 1.807) is 20.8 Å². The molecule has 33 heavy (non-hydrogen) atoms. The molecule has 0 saturated carbocycles. The Bertz CT molecular complexity index is 928. The molecule has 1 aromatic rings. The van der Waals surface area contributed by atoms with E-state index in [-0.39, 0.29) is 18.0 Å². The van der Waals surface area contributed by atoms with E-state index in [9.17, 15) is 14.4 Å². The van der Waals surface area contributed by atoms with E-state index in [0.717, 1.165) is 11.3 Å². The summed E-state index contributed by atoms with van der Waals surface area (Å²) in [5, 5.41) is 0. The zero-order chi connectivity index (χ0) is 24.0. The highest BCUT2D eigenvalue weighted by molar-refractivity contribution is 5.94. The topological polar surface area (TPSA) is 108 Å². The molecule has 0 aromatic heterocycles. The van der Waals surface area contributed by atoms with Gasteiger partial charge in [0.25, 0.3) is 5.91 Å². The zero-order valence-corrected chi connectivity index (χ0v) is 19.5. The van der Waals surface area contributed by atoms with Gasteiger partial charge in [0, 0.05) is 44.0 Å². The molecule has 1 heterocycles. The number of amides is 4. The minimum Gasteiger partial charge on any atom is -0.444 e. The fourth-order valence-corrected chi connectivity index (χ4v) is 3.75. The number of rotatable bonds is 4. The average molecular weight is 456 g/mol. The summed E-state index contributed by atoms with van der Waals surface area (Å²) in [7, 11) is 0. The largest absolute Gasteiger partial charge is 0.444 e. The first-order valence-electron chi connectivity index (χ1n) is 11.2. The lowest BCUT2D eigenvalue weighted by Crippen LogP contribution is -2.55. The van der Waals surface area contributed by atoms with E-state index in [1.165, 1.54) is 0 Å². The molecule has 3 rings (SSSR count). The molecule has 9 heteroatoms. The molecular weight excluding hydrogens is 422 g/mol. The first-order valence-corrected chi connectivity index (χ1v) is 11.2. The van der Waals surface area contributed by atoms with Gasteiger partial charge < -0.3 is 14.5 Å². The molecule has 1 aliphatic heterocycles. The van der Waals surface area contributed by atoms with Crippen LogP contribution in [0.2, 0.25) is 0 Å². The summed E-state index contributed by atoms with van der Waals surface area (Å²) in [5.41, 5.74) is 4.07. The number of nitrogens with zero attached hydrogens (tertiary/aromatic N) is 3. The van der Waals surface area contributed by atoms with Gasteiger partial charge in [-0.25, -0.2) is 15.4 Å². The van der Waals surface area contributed by atoms with E-state index >= 15 is 0 Å². The first-order chi connectivity index (χ1) is 15.7. The van der Waals surface area contributed by atoms with Crippen LogP contribution in [-0.2, 0) is 9.53 Å². The van der Waals surface area contributed by atoms with Crippen molar-refractivity contribution in [3.8, 4) is 0 Å². The van der Waals surface area contributed by atoms with Gasteiger partial charge >= 0.3 is 12.1 Å². The van der Waals surface area contributed by atoms with Gasteiger partial charge in [0.05, 0.1) is 0 Å². The molecule has 4 amide bonds. The molecular formula is C24H33N5O4. The molecule has 1 aromatic carbocycles. The van der Waals surface area contributed by atoms with E-state index in [2.05, 4.69) is 5.43 Å². The summed E-state index contributed by atoms with van der Waals surface area (Å²) in [6.07, 6.45) is 4.53. The average Bonchev–Trinajstić information content (AvgIpc) is 2.81. The molecule has 2 aliphatic rings. The maximum absolute atomic E-state index is 13.5. The standard InChI is InChI=1S/C24H33N5O4/c1-24(2,3)33-23(32)28-15-13-27(14-16-28)22(31)29(20-7-5-4-6-8-20)17-18-9-11-19(12-10-18)21(30)26-25/h4-9,11H,10,12-17,25H2,1-3H3,(H,26,30). The number of carbonyl (C=O) groups excluding carboxylic acids is 3. The number of allylic oxidation sites excluding steroid dienone is 2. The SMILES string of the molecule is CC(C)(C)OC(=O)N1CCN(C(=O)N(CC2=CC=C(C(=O)NN)CC2)c2ccccc2)CC1. The van der Waals surface area contributed by atoms with Crippen molar-refractivity contribution in [2.75, 3.05) is 37.6 Å².